The maximum atomic E-state index is 13.4. The van der Waals surface area contributed by atoms with E-state index in [1.165, 1.54) is 19.4 Å². The van der Waals surface area contributed by atoms with Crippen molar-refractivity contribution in [2.75, 3.05) is 19.9 Å². The van der Waals surface area contributed by atoms with E-state index in [-0.39, 0.29) is 18.0 Å². The van der Waals surface area contributed by atoms with Gasteiger partial charge in [-0.2, -0.15) is 9.41 Å². The van der Waals surface area contributed by atoms with Crippen LogP contribution in [-0.4, -0.2) is 44.8 Å². The van der Waals surface area contributed by atoms with Crippen molar-refractivity contribution in [3.8, 4) is 5.75 Å². The van der Waals surface area contributed by atoms with Crippen LogP contribution < -0.4 is 10.2 Å². The van der Waals surface area contributed by atoms with Crippen molar-refractivity contribution in [1.82, 2.24) is 9.73 Å². The zero-order valence-electron chi connectivity index (χ0n) is 19.3. The first-order valence-corrected chi connectivity index (χ1v) is 13.1. The minimum atomic E-state index is -3.96. The number of benzene rings is 3. The summed E-state index contributed by atoms with van der Waals surface area (Å²) in [5, 5.41) is 3.98. The molecule has 3 aromatic rings. The molecule has 3 aromatic carbocycles. The van der Waals surface area contributed by atoms with Gasteiger partial charge in [0.15, 0.2) is 0 Å². The monoisotopic (exact) mass is 497 g/mol. The molecule has 34 heavy (non-hydrogen) atoms. The summed E-state index contributed by atoms with van der Waals surface area (Å²) in [5.74, 6) is 0.0490. The molecule has 178 valence electrons. The Labute approximate surface area is 204 Å². The lowest BCUT2D eigenvalue weighted by Crippen LogP contribution is -2.39. The van der Waals surface area contributed by atoms with Gasteiger partial charge < -0.3 is 4.74 Å². The predicted molar refractivity (Wildman–Crippen MR) is 136 cm³/mol. The highest BCUT2D eigenvalue weighted by Gasteiger charge is 2.27. The van der Waals surface area contributed by atoms with Crippen molar-refractivity contribution < 1.29 is 17.9 Å². The highest BCUT2D eigenvalue weighted by molar-refractivity contribution is 7.98. The van der Waals surface area contributed by atoms with Gasteiger partial charge in [0, 0.05) is 11.4 Å². The van der Waals surface area contributed by atoms with Crippen LogP contribution in [0, 0.1) is 6.92 Å². The van der Waals surface area contributed by atoms with Gasteiger partial charge in [0.05, 0.1) is 24.8 Å². The van der Waals surface area contributed by atoms with Crippen LogP contribution in [0.15, 0.2) is 87.7 Å². The van der Waals surface area contributed by atoms with E-state index in [0.717, 1.165) is 20.3 Å². The van der Waals surface area contributed by atoms with Crippen molar-refractivity contribution in [1.29, 1.82) is 0 Å². The molecule has 0 fully saturated rings. The number of rotatable bonds is 10. The third kappa shape index (κ3) is 6.69. The number of amides is 1. The molecule has 0 saturated carbocycles. The van der Waals surface area contributed by atoms with E-state index in [1.54, 1.807) is 30.8 Å². The fraction of sp³-hybridized carbons (Fsp3) is 0.200. The minimum absolute atomic E-state index is 0.0432. The molecule has 0 aliphatic carbocycles. The van der Waals surface area contributed by atoms with E-state index in [0.29, 0.717) is 11.3 Å². The molecule has 0 aliphatic heterocycles. The second-order valence-electron chi connectivity index (χ2n) is 7.46. The van der Waals surface area contributed by atoms with Crippen molar-refractivity contribution in [3.05, 3.63) is 89.5 Å². The van der Waals surface area contributed by atoms with Gasteiger partial charge in [0.1, 0.15) is 5.75 Å². The average molecular weight is 498 g/mol. The molecule has 0 bridgehead atoms. The van der Waals surface area contributed by atoms with E-state index in [9.17, 15) is 13.2 Å². The van der Waals surface area contributed by atoms with Gasteiger partial charge in [-0.05, 0) is 60.2 Å². The summed E-state index contributed by atoms with van der Waals surface area (Å²) in [6.45, 7) is 1.43. The molecule has 0 aliphatic rings. The molecule has 0 aromatic heterocycles. The van der Waals surface area contributed by atoms with Gasteiger partial charge in [0.2, 0.25) is 10.0 Å². The summed E-state index contributed by atoms with van der Waals surface area (Å²) in [6, 6.07) is 21.4. The maximum Gasteiger partial charge on any atom is 0.255 e. The fourth-order valence-corrected chi connectivity index (χ4v) is 5.12. The van der Waals surface area contributed by atoms with Gasteiger partial charge in [-0.1, -0.05) is 42.5 Å². The van der Waals surface area contributed by atoms with E-state index in [1.807, 2.05) is 60.9 Å². The molecular formula is C25H27N3O4S2. The number of hydrazone groups is 1. The Kier molecular flexibility index (Phi) is 8.86. The molecular weight excluding hydrogens is 470 g/mol. The predicted octanol–water partition coefficient (Wildman–Crippen LogP) is 4.07. The van der Waals surface area contributed by atoms with E-state index < -0.39 is 15.9 Å². The molecule has 9 heteroatoms. The van der Waals surface area contributed by atoms with Crippen LogP contribution in [0.5, 0.6) is 5.75 Å². The summed E-state index contributed by atoms with van der Waals surface area (Å²) in [4.78, 5) is 13.8. The summed E-state index contributed by atoms with van der Waals surface area (Å²) in [5.41, 5.74) is 4.70. The Morgan fingerprint density at radius 1 is 1.09 bits per heavy atom. The number of carbonyl (C=O) groups is 1. The average Bonchev–Trinajstić information content (AvgIpc) is 2.84. The first-order chi connectivity index (χ1) is 16.3. The van der Waals surface area contributed by atoms with Crippen LogP contribution in [0.2, 0.25) is 0 Å². The third-order valence-electron chi connectivity index (χ3n) is 5.04. The zero-order chi connectivity index (χ0) is 24.6. The van der Waals surface area contributed by atoms with Crippen LogP contribution in [0.4, 0.5) is 0 Å². The Morgan fingerprint density at radius 2 is 1.79 bits per heavy atom. The molecule has 1 N–H and O–H groups in total. The Balaban J connectivity index is 1.78. The number of hydrogen-bond acceptors (Lipinski definition) is 6. The van der Waals surface area contributed by atoms with Crippen molar-refractivity contribution in [3.63, 3.8) is 0 Å². The maximum absolute atomic E-state index is 13.4. The first kappa shape index (κ1) is 25.5. The van der Waals surface area contributed by atoms with E-state index in [2.05, 4.69) is 10.5 Å². The molecule has 3 rings (SSSR count). The highest BCUT2D eigenvalue weighted by Crippen LogP contribution is 2.24. The Bertz CT molecular complexity index is 1240. The molecule has 7 nitrogen and oxygen atoms in total. The zero-order valence-corrected chi connectivity index (χ0v) is 20.9. The SMILES string of the molecule is COc1ccc(S(=O)(=O)N(CC(=O)N/N=C/c2ccc(SC)cc2)Cc2ccccc2)cc1C. The van der Waals surface area contributed by atoms with Gasteiger partial charge >= 0.3 is 0 Å². The highest BCUT2D eigenvalue weighted by atomic mass is 32.2. The van der Waals surface area contributed by atoms with Crippen LogP contribution in [0.25, 0.3) is 0 Å². The summed E-state index contributed by atoms with van der Waals surface area (Å²) >= 11 is 1.63. The quantitative estimate of drug-likeness (QED) is 0.259. The van der Waals surface area contributed by atoms with Gasteiger partial charge in [-0.25, -0.2) is 13.8 Å². The van der Waals surface area contributed by atoms with Gasteiger partial charge in [-0.15, -0.1) is 11.8 Å². The number of carbonyl (C=O) groups excluding carboxylic acids is 1. The third-order valence-corrected chi connectivity index (χ3v) is 7.58. The lowest BCUT2D eigenvalue weighted by molar-refractivity contribution is -0.121. The van der Waals surface area contributed by atoms with E-state index in [4.69, 9.17) is 4.74 Å². The molecule has 0 atom stereocenters. The smallest absolute Gasteiger partial charge is 0.255 e. The molecule has 0 unspecified atom stereocenters. The van der Waals surface area contributed by atoms with Crippen molar-refractivity contribution in [2.24, 2.45) is 5.10 Å². The lowest BCUT2D eigenvalue weighted by Gasteiger charge is -2.22. The van der Waals surface area contributed by atoms with Crippen molar-refractivity contribution in [2.45, 2.75) is 23.3 Å². The normalized spacial score (nSPS) is 11.6. The number of ether oxygens (including phenoxy) is 1. The van der Waals surface area contributed by atoms with Crippen molar-refractivity contribution >= 4 is 33.9 Å². The van der Waals surface area contributed by atoms with Gasteiger partial charge in [-0.3, -0.25) is 4.79 Å². The number of methoxy groups -OCH3 is 1. The second kappa shape index (κ2) is 11.8. The number of nitrogens with zero attached hydrogens (tertiary/aromatic N) is 2. The van der Waals surface area contributed by atoms with Crippen LogP contribution in [0.1, 0.15) is 16.7 Å². The van der Waals surface area contributed by atoms with E-state index >= 15 is 0 Å². The number of aryl methyl sites for hydroxylation is 1. The lowest BCUT2D eigenvalue weighted by atomic mass is 10.2. The molecule has 0 heterocycles. The van der Waals surface area contributed by atoms with Crippen LogP contribution in [-0.2, 0) is 21.4 Å². The number of hydrogen-bond donors (Lipinski definition) is 1. The number of thioether (sulfide) groups is 1. The largest absolute Gasteiger partial charge is 0.496 e. The topological polar surface area (TPSA) is 88.1 Å². The fourth-order valence-electron chi connectivity index (χ4n) is 3.24. The van der Waals surface area contributed by atoms with Crippen LogP contribution in [0.3, 0.4) is 0 Å². The summed E-state index contributed by atoms with van der Waals surface area (Å²) < 4.78 is 33.3. The number of nitrogens with one attached hydrogen (secondary N) is 1. The molecule has 0 spiro atoms. The van der Waals surface area contributed by atoms with Gasteiger partial charge in [0.25, 0.3) is 5.91 Å². The second-order valence-corrected chi connectivity index (χ2v) is 10.3. The van der Waals surface area contributed by atoms with Crippen LogP contribution >= 0.6 is 11.8 Å². The summed E-state index contributed by atoms with van der Waals surface area (Å²) in [7, 11) is -2.44. The Morgan fingerprint density at radius 3 is 2.41 bits per heavy atom. The number of sulfonamides is 1. The first-order valence-electron chi connectivity index (χ1n) is 10.5. The summed E-state index contributed by atoms with van der Waals surface area (Å²) in [6.07, 6.45) is 3.51. The standard InChI is InChI=1S/C25H27N3O4S2/c1-19-15-23(13-14-24(19)32-2)34(30,31)28(17-21-7-5-4-6-8-21)18-25(29)27-26-16-20-9-11-22(33-3)12-10-20/h4-16H,17-18H2,1-3H3,(H,27,29)/b26-16+. The molecule has 0 radical (unpaired) electrons. The Hall–Kier alpha value is -3.14. The molecule has 0 saturated heterocycles. The minimum Gasteiger partial charge on any atom is -0.496 e. The molecule has 1 amide bonds.